The molecule has 0 bridgehead atoms. The third kappa shape index (κ3) is 5.09. The van der Waals surface area contributed by atoms with E-state index < -0.39 is 0 Å². The van der Waals surface area contributed by atoms with Crippen molar-refractivity contribution >= 4 is 5.96 Å². The van der Waals surface area contributed by atoms with Crippen LogP contribution in [-0.2, 0) is 6.54 Å². The lowest BCUT2D eigenvalue weighted by Crippen LogP contribution is -2.39. The van der Waals surface area contributed by atoms with Crippen molar-refractivity contribution < 1.29 is 0 Å². The number of hydrogen-bond acceptors (Lipinski definition) is 3. The fourth-order valence-corrected chi connectivity index (χ4v) is 2.23. The van der Waals surface area contributed by atoms with E-state index in [0.29, 0.717) is 6.54 Å². The smallest absolute Gasteiger partial charge is 0.193 e. The molecular weight excluding hydrogens is 288 g/mol. The van der Waals surface area contributed by atoms with Crippen LogP contribution in [0.1, 0.15) is 32.3 Å². The predicted octanol–water partition coefficient (Wildman–Crippen LogP) is 2.46. The van der Waals surface area contributed by atoms with E-state index in [2.05, 4.69) is 41.2 Å². The predicted molar refractivity (Wildman–Crippen MR) is 93.7 cm³/mol. The minimum Gasteiger partial charge on any atom is -0.357 e. The highest BCUT2D eigenvalue weighted by Crippen LogP contribution is 2.07. The number of nitrogens with zero attached hydrogens (tertiary/aromatic N) is 5. The summed E-state index contributed by atoms with van der Waals surface area (Å²) in [6.07, 6.45) is 7.78. The molecule has 6 heteroatoms. The van der Waals surface area contributed by atoms with Crippen molar-refractivity contribution in [3.05, 3.63) is 42.4 Å². The number of aromatic nitrogens is 3. The first-order chi connectivity index (χ1) is 11.2. The lowest BCUT2D eigenvalue weighted by atomic mass is 10.2. The number of rotatable bonds is 7. The molecule has 124 valence electrons. The molecule has 0 atom stereocenters. The van der Waals surface area contributed by atoms with Crippen LogP contribution >= 0.6 is 0 Å². The van der Waals surface area contributed by atoms with Crippen molar-refractivity contribution in [2.75, 3.05) is 20.1 Å². The summed E-state index contributed by atoms with van der Waals surface area (Å²) in [5, 5.41) is 7.56. The third-order valence-corrected chi connectivity index (χ3v) is 3.50. The van der Waals surface area contributed by atoms with Gasteiger partial charge in [-0.05, 0) is 37.1 Å². The average Bonchev–Trinajstić information content (AvgIpc) is 3.11. The van der Waals surface area contributed by atoms with E-state index in [1.807, 2.05) is 24.4 Å². The van der Waals surface area contributed by atoms with Crippen molar-refractivity contribution in [3.8, 4) is 5.82 Å². The van der Waals surface area contributed by atoms with E-state index >= 15 is 0 Å². The van der Waals surface area contributed by atoms with Gasteiger partial charge in [0.25, 0.3) is 0 Å². The van der Waals surface area contributed by atoms with Gasteiger partial charge in [0, 0.05) is 38.7 Å². The highest BCUT2D eigenvalue weighted by atomic mass is 15.3. The normalized spacial score (nSPS) is 11.5. The van der Waals surface area contributed by atoms with Crippen LogP contribution in [0, 0.1) is 0 Å². The van der Waals surface area contributed by atoms with Gasteiger partial charge in [-0.15, -0.1) is 0 Å². The summed E-state index contributed by atoms with van der Waals surface area (Å²) in [5.74, 6) is 1.76. The van der Waals surface area contributed by atoms with Crippen molar-refractivity contribution in [1.82, 2.24) is 25.0 Å². The molecule has 0 saturated carbocycles. The van der Waals surface area contributed by atoms with Gasteiger partial charge in [-0.1, -0.05) is 13.3 Å². The average molecular weight is 314 g/mol. The largest absolute Gasteiger partial charge is 0.357 e. The summed E-state index contributed by atoms with van der Waals surface area (Å²) in [7, 11) is 2.08. The van der Waals surface area contributed by atoms with Gasteiger partial charge in [-0.3, -0.25) is 0 Å². The van der Waals surface area contributed by atoms with Crippen LogP contribution in [0.15, 0.2) is 41.8 Å². The first kappa shape index (κ1) is 17.0. The molecule has 2 aromatic heterocycles. The van der Waals surface area contributed by atoms with Crippen LogP contribution in [0.5, 0.6) is 0 Å². The summed E-state index contributed by atoms with van der Waals surface area (Å²) in [6, 6.07) is 5.90. The first-order valence-corrected chi connectivity index (χ1v) is 8.19. The highest BCUT2D eigenvalue weighted by Gasteiger charge is 2.05. The fourth-order valence-electron chi connectivity index (χ4n) is 2.23. The Kier molecular flexibility index (Phi) is 6.59. The van der Waals surface area contributed by atoms with Gasteiger partial charge in [0.2, 0.25) is 0 Å². The monoisotopic (exact) mass is 314 g/mol. The molecule has 1 N–H and O–H groups in total. The van der Waals surface area contributed by atoms with Crippen LogP contribution < -0.4 is 5.32 Å². The van der Waals surface area contributed by atoms with E-state index in [0.717, 1.165) is 30.4 Å². The van der Waals surface area contributed by atoms with Crippen molar-refractivity contribution in [2.45, 2.75) is 33.2 Å². The highest BCUT2D eigenvalue weighted by molar-refractivity contribution is 5.79. The number of hydrogen-bond donors (Lipinski definition) is 1. The van der Waals surface area contributed by atoms with E-state index in [1.165, 1.54) is 12.8 Å². The molecule has 0 aliphatic carbocycles. The summed E-state index contributed by atoms with van der Waals surface area (Å²) >= 11 is 0. The number of aliphatic imine (C=N–C) groups is 1. The van der Waals surface area contributed by atoms with Crippen LogP contribution in [0.25, 0.3) is 5.82 Å². The van der Waals surface area contributed by atoms with E-state index in [1.54, 1.807) is 17.1 Å². The lowest BCUT2D eigenvalue weighted by molar-refractivity contribution is 0.465. The van der Waals surface area contributed by atoms with Crippen molar-refractivity contribution in [2.24, 2.45) is 4.99 Å². The van der Waals surface area contributed by atoms with Gasteiger partial charge in [0.15, 0.2) is 11.8 Å². The van der Waals surface area contributed by atoms with Crippen LogP contribution in [-0.4, -0.2) is 45.8 Å². The molecular formula is C17H26N6. The summed E-state index contributed by atoms with van der Waals surface area (Å²) in [6.45, 7) is 6.79. The quantitative estimate of drug-likeness (QED) is 0.630. The van der Waals surface area contributed by atoms with Gasteiger partial charge in [0.05, 0.1) is 6.54 Å². The Morgan fingerprint density at radius 3 is 2.91 bits per heavy atom. The molecule has 2 rings (SSSR count). The molecule has 0 aromatic carbocycles. The molecule has 0 fully saturated rings. The molecule has 0 saturated heterocycles. The van der Waals surface area contributed by atoms with Crippen LogP contribution in [0.2, 0.25) is 0 Å². The van der Waals surface area contributed by atoms with Gasteiger partial charge in [-0.25, -0.2) is 14.7 Å². The molecule has 6 nitrogen and oxygen atoms in total. The SMILES string of the molecule is CCCCN(C)C(=NCc1ccnc(-n2cccn2)c1)NCC. The maximum Gasteiger partial charge on any atom is 0.193 e. The Bertz CT molecular complexity index is 605. The number of nitrogens with one attached hydrogen (secondary N) is 1. The van der Waals surface area contributed by atoms with Crippen molar-refractivity contribution in [1.29, 1.82) is 0 Å². The molecule has 0 aliphatic rings. The van der Waals surface area contributed by atoms with Crippen molar-refractivity contribution in [3.63, 3.8) is 0 Å². The second-order valence-electron chi connectivity index (χ2n) is 5.42. The van der Waals surface area contributed by atoms with E-state index in [4.69, 9.17) is 4.99 Å². The van der Waals surface area contributed by atoms with Gasteiger partial charge in [0.1, 0.15) is 0 Å². The summed E-state index contributed by atoms with van der Waals surface area (Å²) < 4.78 is 1.76. The zero-order valence-corrected chi connectivity index (χ0v) is 14.2. The number of unbranched alkanes of at least 4 members (excludes halogenated alkanes) is 1. The Labute approximate surface area is 138 Å². The first-order valence-electron chi connectivity index (χ1n) is 8.19. The maximum absolute atomic E-state index is 4.73. The number of pyridine rings is 1. The zero-order valence-electron chi connectivity index (χ0n) is 14.2. The van der Waals surface area contributed by atoms with E-state index in [9.17, 15) is 0 Å². The molecule has 2 heterocycles. The minimum absolute atomic E-state index is 0.621. The Morgan fingerprint density at radius 2 is 2.22 bits per heavy atom. The molecule has 0 spiro atoms. The molecule has 23 heavy (non-hydrogen) atoms. The summed E-state index contributed by atoms with van der Waals surface area (Å²) in [4.78, 5) is 11.3. The maximum atomic E-state index is 4.73. The summed E-state index contributed by atoms with van der Waals surface area (Å²) in [5.41, 5.74) is 1.12. The molecule has 0 aliphatic heterocycles. The molecule has 0 amide bonds. The Hall–Kier alpha value is -2.37. The third-order valence-electron chi connectivity index (χ3n) is 3.50. The fraction of sp³-hybridized carbons (Fsp3) is 0.471. The van der Waals surface area contributed by atoms with Crippen LogP contribution in [0.4, 0.5) is 0 Å². The molecule has 0 radical (unpaired) electrons. The standard InChI is InChI=1S/C17H26N6/c1-4-6-11-22(3)17(18-5-2)20-14-15-8-10-19-16(13-15)23-12-7-9-21-23/h7-10,12-13H,4-6,11,14H2,1-3H3,(H,18,20). The number of guanidine groups is 1. The zero-order chi connectivity index (χ0) is 16.5. The minimum atomic E-state index is 0.621. The van der Waals surface area contributed by atoms with Crippen LogP contribution in [0.3, 0.4) is 0 Å². The Balaban J connectivity index is 2.08. The molecule has 0 unspecified atom stereocenters. The van der Waals surface area contributed by atoms with Gasteiger partial charge < -0.3 is 10.2 Å². The lowest BCUT2D eigenvalue weighted by Gasteiger charge is -2.21. The van der Waals surface area contributed by atoms with Gasteiger partial charge in [-0.2, -0.15) is 5.10 Å². The Morgan fingerprint density at radius 1 is 1.35 bits per heavy atom. The topological polar surface area (TPSA) is 58.3 Å². The van der Waals surface area contributed by atoms with E-state index in [-0.39, 0.29) is 0 Å². The second-order valence-corrected chi connectivity index (χ2v) is 5.42. The van der Waals surface area contributed by atoms with Gasteiger partial charge >= 0.3 is 0 Å². The second kappa shape index (κ2) is 8.92. The molecule has 2 aromatic rings.